The molecule has 0 saturated heterocycles. The van der Waals surface area contributed by atoms with E-state index in [0.29, 0.717) is 16.8 Å². The van der Waals surface area contributed by atoms with E-state index >= 15 is 0 Å². The predicted octanol–water partition coefficient (Wildman–Crippen LogP) is 4.33. The highest BCUT2D eigenvalue weighted by Crippen LogP contribution is 2.18. The molecule has 1 aliphatic carbocycles. The summed E-state index contributed by atoms with van der Waals surface area (Å²) in [5.74, 6) is -0.437. The van der Waals surface area contributed by atoms with Gasteiger partial charge >= 0.3 is 0 Å². The lowest BCUT2D eigenvalue weighted by molar-refractivity contribution is -0.114. The van der Waals surface area contributed by atoms with Crippen molar-refractivity contribution in [3.05, 3.63) is 59.7 Å². The van der Waals surface area contributed by atoms with Crippen LogP contribution in [-0.4, -0.2) is 36.3 Å². The van der Waals surface area contributed by atoms with Crippen molar-refractivity contribution in [1.29, 1.82) is 0 Å². The average Bonchev–Trinajstić information content (AvgIpc) is 2.83. The second kappa shape index (κ2) is 12.0. The number of nitrogens with one attached hydrogen (secondary N) is 4. The predicted molar refractivity (Wildman–Crippen MR) is 132 cm³/mol. The molecule has 3 amide bonds. The minimum absolute atomic E-state index is 0.0664. The average molecular weight is 451 g/mol. The van der Waals surface area contributed by atoms with Crippen LogP contribution in [-0.2, 0) is 4.79 Å². The molecule has 0 heterocycles. The molecule has 0 radical (unpaired) electrons. The van der Waals surface area contributed by atoms with E-state index < -0.39 is 0 Å². The summed E-state index contributed by atoms with van der Waals surface area (Å²) < 4.78 is 0. The van der Waals surface area contributed by atoms with Gasteiger partial charge in [0.1, 0.15) is 0 Å². The first-order valence-corrected chi connectivity index (χ1v) is 11.8. The molecule has 33 heavy (non-hydrogen) atoms. The summed E-state index contributed by atoms with van der Waals surface area (Å²) in [6.07, 6.45) is 6.47. The van der Waals surface area contributed by atoms with Crippen molar-refractivity contribution in [2.45, 2.75) is 64.5 Å². The molecule has 0 bridgehead atoms. The maximum atomic E-state index is 12.5. The standard InChI is InChI=1S/C26H34N4O3/c1-3-18(2)28-25(32)19-12-14-21(15-13-19)27-17-24(31)29-23-11-7-8-20(16-23)26(33)30-22-9-5-4-6-10-22/h7-8,11-16,18,22,27H,3-6,9-10,17H2,1-2H3,(H,28,32)(H,29,31)(H,30,33). The topological polar surface area (TPSA) is 99.3 Å². The van der Waals surface area contributed by atoms with E-state index in [9.17, 15) is 14.4 Å². The molecule has 2 aromatic rings. The number of carbonyl (C=O) groups excluding carboxylic acids is 3. The molecule has 0 spiro atoms. The lowest BCUT2D eigenvalue weighted by atomic mass is 9.95. The van der Waals surface area contributed by atoms with Crippen molar-refractivity contribution in [3.63, 3.8) is 0 Å². The number of hydrogen-bond acceptors (Lipinski definition) is 4. The van der Waals surface area contributed by atoms with Crippen molar-refractivity contribution in [2.75, 3.05) is 17.2 Å². The van der Waals surface area contributed by atoms with Crippen LogP contribution in [0, 0.1) is 0 Å². The van der Waals surface area contributed by atoms with Gasteiger partial charge in [0, 0.05) is 34.6 Å². The second-order valence-electron chi connectivity index (χ2n) is 8.65. The molecule has 4 N–H and O–H groups in total. The van der Waals surface area contributed by atoms with Crippen molar-refractivity contribution < 1.29 is 14.4 Å². The Balaban J connectivity index is 1.48. The molecule has 1 fully saturated rings. The van der Waals surface area contributed by atoms with Crippen LogP contribution in [0.4, 0.5) is 11.4 Å². The van der Waals surface area contributed by atoms with Crippen molar-refractivity contribution in [1.82, 2.24) is 10.6 Å². The van der Waals surface area contributed by atoms with E-state index in [1.54, 1.807) is 48.5 Å². The molecule has 176 valence electrons. The van der Waals surface area contributed by atoms with Gasteiger partial charge in [-0.25, -0.2) is 0 Å². The first-order valence-electron chi connectivity index (χ1n) is 11.8. The number of rotatable bonds is 9. The van der Waals surface area contributed by atoms with E-state index in [1.807, 2.05) is 13.8 Å². The number of carbonyl (C=O) groups is 3. The molecule has 2 aromatic carbocycles. The maximum Gasteiger partial charge on any atom is 0.251 e. The summed E-state index contributed by atoms with van der Waals surface area (Å²) in [5.41, 5.74) is 2.44. The van der Waals surface area contributed by atoms with Crippen LogP contribution < -0.4 is 21.3 Å². The highest BCUT2D eigenvalue weighted by Gasteiger charge is 2.17. The zero-order chi connectivity index (χ0) is 23.6. The number of benzene rings is 2. The highest BCUT2D eigenvalue weighted by molar-refractivity contribution is 5.98. The first-order chi connectivity index (χ1) is 15.9. The first kappa shape index (κ1) is 24.3. The molecule has 1 saturated carbocycles. The van der Waals surface area contributed by atoms with E-state index in [1.165, 1.54) is 6.42 Å². The normalized spacial score (nSPS) is 14.7. The summed E-state index contributed by atoms with van der Waals surface area (Å²) in [6.45, 7) is 4.05. The Hall–Kier alpha value is -3.35. The molecule has 3 rings (SSSR count). The van der Waals surface area contributed by atoms with Crippen LogP contribution in [0.3, 0.4) is 0 Å². The molecular weight excluding hydrogens is 416 g/mol. The van der Waals surface area contributed by atoms with E-state index in [-0.39, 0.29) is 36.3 Å². The Morgan fingerprint density at radius 1 is 0.909 bits per heavy atom. The van der Waals surface area contributed by atoms with Gasteiger partial charge in [-0.1, -0.05) is 32.3 Å². The molecular formula is C26H34N4O3. The van der Waals surface area contributed by atoms with Gasteiger partial charge in [0.2, 0.25) is 5.91 Å². The van der Waals surface area contributed by atoms with Crippen molar-refractivity contribution >= 4 is 29.1 Å². The van der Waals surface area contributed by atoms with Gasteiger partial charge in [-0.15, -0.1) is 0 Å². The molecule has 1 atom stereocenters. The quantitative estimate of drug-likeness (QED) is 0.457. The van der Waals surface area contributed by atoms with Crippen LogP contribution in [0.2, 0.25) is 0 Å². The Labute approximate surface area is 195 Å². The van der Waals surface area contributed by atoms with Gasteiger partial charge in [-0.2, -0.15) is 0 Å². The lowest BCUT2D eigenvalue weighted by Crippen LogP contribution is -2.36. The minimum Gasteiger partial charge on any atom is -0.376 e. The maximum absolute atomic E-state index is 12.5. The summed E-state index contributed by atoms with van der Waals surface area (Å²) in [7, 11) is 0. The highest BCUT2D eigenvalue weighted by atomic mass is 16.2. The molecule has 7 heteroatoms. The SMILES string of the molecule is CCC(C)NC(=O)c1ccc(NCC(=O)Nc2cccc(C(=O)NC3CCCCC3)c2)cc1. The zero-order valence-corrected chi connectivity index (χ0v) is 19.4. The summed E-state index contributed by atoms with van der Waals surface area (Å²) >= 11 is 0. The smallest absolute Gasteiger partial charge is 0.251 e. The minimum atomic E-state index is -0.224. The number of anilines is 2. The van der Waals surface area contributed by atoms with Crippen molar-refractivity contribution in [3.8, 4) is 0 Å². The van der Waals surface area contributed by atoms with Crippen LogP contribution in [0.5, 0.6) is 0 Å². The Morgan fingerprint density at radius 3 is 2.33 bits per heavy atom. The summed E-state index contributed by atoms with van der Waals surface area (Å²) in [5, 5.41) is 11.9. The van der Waals surface area contributed by atoms with Gasteiger partial charge in [0.25, 0.3) is 11.8 Å². The second-order valence-corrected chi connectivity index (χ2v) is 8.65. The van der Waals surface area contributed by atoms with Crippen LogP contribution in [0.15, 0.2) is 48.5 Å². The van der Waals surface area contributed by atoms with Gasteiger partial charge in [-0.05, 0) is 68.7 Å². The summed E-state index contributed by atoms with van der Waals surface area (Å²) in [6, 6.07) is 14.3. The Morgan fingerprint density at radius 2 is 1.64 bits per heavy atom. The monoisotopic (exact) mass is 450 g/mol. The molecule has 0 aliphatic heterocycles. The molecule has 7 nitrogen and oxygen atoms in total. The van der Waals surface area contributed by atoms with E-state index in [2.05, 4.69) is 21.3 Å². The fourth-order valence-electron chi connectivity index (χ4n) is 3.79. The largest absolute Gasteiger partial charge is 0.376 e. The third kappa shape index (κ3) is 7.63. The fourth-order valence-corrected chi connectivity index (χ4v) is 3.79. The van der Waals surface area contributed by atoms with Crippen LogP contribution >= 0.6 is 0 Å². The molecule has 0 aromatic heterocycles. The lowest BCUT2D eigenvalue weighted by Gasteiger charge is -2.22. The third-order valence-corrected chi connectivity index (χ3v) is 5.94. The number of hydrogen-bond donors (Lipinski definition) is 4. The zero-order valence-electron chi connectivity index (χ0n) is 19.4. The van der Waals surface area contributed by atoms with Crippen LogP contribution in [0.1, 0.15) is 73.1 Å². The van der Waals surface area contributed by atoms with E-state index in [4.69, 9.17) is 0 Å². The fraction of sp³-hybridized carbons (Fsp3) is 0.423. The molecule has 1 aliphatic rings. The van der Waals surface area contributed by atoms with E-state index in [0.717, 1.165) is 37.8 Å². The Kier molecular flexibility index (Phi) is 8.87. The van der Waals surface area contributed by atoms with Gasteiger partial charge in [-0.3, -0.25) is 14.4 Å². The van der Waals surface area contributed by atoms with Gasteiger partial charge in [0.05, 0.1) is 6.54 Å². The van der Waals surface area contributed by atoms with Gasteiger partial charge < -0.3 is 21.3 Å². The Bertz CT molecular complexity index is 952. The summed E-state index contributed by atoms with van der Waals surface area (Å²) in [4.78, 5) is 37.1. The van der Waals surface area contributed by atoms with Crippen LogP contribution in [0.25, 0.3) is 0 Å². The third-order valence-electron chi connectivity index (χ3n) is 5.94. The molecule has 1 unspecified atom stereocenters. The van der Waals surface area contributed by atoms with Gasteiger partial charge in [0.15, 0.2) is 0 Å². The number of amides is 3. The van der Waals surface area contributed by atoms with Crippen molar-refractivity contribution in [2.24, 2.45) is 0 Å².